The van der Waals surface area contributed by atoms with Crippen LogP contribution in [0.25, 0.3) is 16.6 Å². The second kappa shape index (κ2) is 6.45. The fraction of sp³-hybridized carbons (Fsp3) is 0.250. The van der Waals surface area contributed by atoms with Gasteiger partial charge in [-0.05, 0) is 42.2 Å². The molecule has 0 radical (unpaired) electrons. The molecular weight excluding hydrogens is 364 g/mol. The summed E-state index contributed by atoms with van der Waals surface area (Å²) in [6, 6.07) is 15.6. The SMILES string of the molecule is CSc1c2c3cccc4c(cc1n43)CSCc1cccc(n1)CSC2. The van der Waals surface area contributed by atoms with Crippen LogP contribution >= 0.6 is 35.3 Å². The van der Waals surface area contributed by atoms with Crippen molar-refractivity contribution in [2.24, 2.45) is 0 Å². The molecule has 0 unspecified atom stereocenters. The van der Waals surface area contributed by atoms with Crippen molar-refractivity contribution in [3.05, 3.63) is 65.0 Å². The Morgan fingerprint density at radius 3 is 2.40 bits per heavy atom. The zero-order chi connectivity index (χ0) is 16.8. The third kappa shape index (κ3) is 2.64. The number of nitrogens with zero attached hydrogens (tertiary/aromatic N) is 2. The predicted octanol–water partition coefficient (Wildman–Crippen LogP) is 5.83. The molecule has 0 N–H and O–H groups in total. The van der Waals surface area contributed by atoms with E-state index < -0.39 is 0 Å². The largest absolute Gasteiger partial charge is 0.309 e. The Labute approximate surface area is 160 Å². The summed E-state index contributed by atoms with van der Waals surface area (Å²) in [5.41, 5.74) is 9.44. The van der Waals surface area contributed by atoms with Crippen LogP contribution in [0.15, 0.2) is 47.4 Å². The molecule has 6 rings (SSSR count). The van der Waals surface area contributed by atoms with E-state index in [4.69, 9.17) is 4.98 Å². The van der Waals surface area contributed by atoms with Crippen molar-refractivity contribution in [1.82, 2.24) is 9.38 Å². The van der Waals surface area contributed by atoms with Crippen molar-refractivity contribution in [1.29, 1.82) is 0 Å². The Morgan fingerprint density at radius 2 is 1.60 bits per heavy atom. The van der Waals surface area contributed by atoms with Gasteiger partial charge in [-0.15, -0.1) is 11.8 Å². The summed E-state index contributed by atoms with van der Waals surface area (Å²) in [5.74, 6) is 4.01. The fourth-order valence-electron chi connectivity index (χ4n) is 3.69. The number of rotatable bonds is 1. The van der Waals surface area contributed by atoms with Crippen molar-refractivity contribution < 1.29 is 0 Å². The van der Waals surface area contributed by atoms with E-state index >= 15 is 0 Å². The van der Waals surface area contributed by atoms with Crippen LogP contribution in [-0.2, 0) is 23.0 Å². The highest BCUT2D eigenvalue weighted by atomic mass is 32.2. The Hall–Kier alpha value is -1.30. The van der Waals surface area contributed by atoms with Crippen LogP contribution in [-0.4, -0.2) is 15.6 Å². The second-order valence-corrected chi connectivity index (χ2v) is 9.09. The number of thioether (sulfide) groups is 3. The zero-order valence-electron chi connectivity index (χ0n) is 14.0. The number of pyridine rings is 2. The van der Waals surface area contributed by atoms with E-state index in [1.54, 1.807) is 0 Å². The number of hydrogen-bond acceptors (Lipinski definition) is 4. The smallest absolute Gasteiger partial charge is 0.0605 e. The van der Waals surface area contributed by atoms with Gasteiger partial charge in [0, 0.05) is 33.5 Å². The van der Waals surface area contributed by atoms with Gasteiger partial charge >= 0.3 is 0 Å². The summed E-state index contributed by atoms with van der Waals surface area (Å²) in [4.78, 5) is 6.28. The van der Waals surface area contributed by atoms with Crippen molar-refractivity contribution in [3.8, 4) is 0 Å². The first-order valence-corrected chi connectivity index (χ1v) is 11.9. The van der Waals surface area contributed by atoms with Crippen molar-refractivity contribution >= 4 is 51.8 Å². The van der Waals surface area contributed by atoms with Crippen LogP contribution in [0, 0.1) is 0 Å². The van der Waals surface area contributed by atoms with Gasteiger partial charge in [0.25, 0.3) is 0 Å². The standard InChI is InChI=1S/C20H18N2S3/c1-23-20-16-12-25-11-15-5-2-4-14(21-15)10-24-9-13-8-19(20)22-17(13)6-3-7-18(16)22/h2-8H,9-12H2,1H3. The zero-order valence-corrected chi connectivity index (χ0v) is 16.4. The third-order valence-electron chi connectivity index (χ3n) is 4.76. The lowest BCUT2D eigenvalue weighted by Gasteiger charge is -2.08. The molecule has 2 nitrogen and oxygen atoms in total. The summed E-state index contributed by atoms with van der Waals surface area (Å²) in [7, 11) is 0. The number of aromatic nitrogens is 2. The molecule has 0 fully saturated rings. The van der Waals surface area contributed by atoms with Gasteiger partial charge in [0.2, 0.25) is 0 Å². The van der Waals surface area contributed by atoms with Crippen LogP contribution in [0.2, 0.25) is 0 Å². The van der Waals surface area contributed by atoms with Gasteiger partial charge in [-0.1, -0.05) is 12.1 Å². The Bertz CT molecular complexity index is 1050. The first kappa shape index (κ1) is 15.9. The molecule has 0 saturated heterocycles. The summed E-state index contributed by atoms with van der Waals surface area (Å²) in [6.45, 7) is 0. The normalized spacial score (nSPS) is 15.4. The van der Waals surface area contributed by atoms with E-state index in [-0.39, 0.29) is 0 Å². The lowest BCUT2D eigenvalue weighted by atomic mass is 10.2. The van der Waals surface area contributed by atoms with Gasteiger partial charge in [0.05, 0.1) is 27.9 Å². The molecule has 0 atom stereocenters. The number of fused-ring (bicyclic) bond motifs is 4. The van der Waals surface area contributed by atoms with Crippen LogP contribution in [0.5, 0.6) is 0 Å². The van der Waals surface area contributed by atoms with E-state index in [1.807, 2.05) is 35.3 Å². The van der Waals surface area contributed by atoms with Crippen LogP contribution in [0.4, 0.5) is 0 Å². The molecular formula is C20H18N2S3. The molecule has 2 aliphatic rings. The summed E-state index contributed by atoms with van der Waals surface area (Å²) in [6.07, 6.45) is 2.20. The van der Waals surface area contributed by atoms with Gasteiger partial charge < -0.3 is 4.40 Å². The molecule has 0 aliphatic carbocycles. The van der Waals surface area contributed by atoms with Gasteiger partial charge in [0.1, 0.15) is 0 Å². The quantitative estimate of drug-likeness (QED) is 0.385. The van der Waals surface area contributed by atoms with Crippen molar-refractivity contribution in [2.45, 2.75) is 27.9 Å². The second-order valence-electron chi connectivity index (χ2n) is 6.30. The molecule has 4 aromatic heterocycles. The van der Waals surface area contributed by atoms with Gasteiger partial charge in [-0.25, -0.2) is 0 Å². The molecule has 4 aromatic rings. The Kier molecular flexibility index (Phi) is 4.11. The Balaban J connectivity index is 1.68. The van der Waals surface area contributed by atoms with Crippen LogP contribution in [0.3, 0.4) is 0 Å². The average molecular weight is 383 g/mol. The third-order valence-corrected chi connectivity index (χ3v) is 7.63. The molecule has 0 saturated carbocycles. The van der Waals surface area contributed by atoms with Crippen LogP contribution in [0.1, 0.15) is 22.5 Å². The molecule has 6 heterocycles. The summed E-state index contributed by atoms with van der Waals surface area (Å²) >= 11 is 5.81. The van der Waals surface area contributed by atoms with Crippen LogP contribution < -0.4 is 0 Å². The van der Waals surface area contributed by atoms with Crippen molar-refractivity contribution in [2.75, 3.05) is 6.26 Å². The average Bonchev–Trinajstić information content (AvgIpc) is 3.14. The van der Waals surface area contributed by atoms with E-state index in [2.05, 4.69) is 53.1 Å². The van der Waals surface area contributed by atoms with E-state index in [1.165, 1.54) is 44.0 Å². The van der Waals surface area contributed by atoms with E-state index in [0.717, 1.165) is 23.0 Å². The fourth-order valence-corrected chi connectivity index (χ4v) is 6.46. The number of hydrogen-bond donors (Lipinski definition) is 0. The monoisotopic (exact) mass is 382 g/mol. The molecule has 0 spiro atoms. The minimum absolute atomic E-state index is 0.972. The van der Waals surface area contributed by atoms with Crippen molar-refractivity contribution in [3.63, 3.8) is 0 Å². The lowest BCUT2D eigenvalue weighted by molar-refractivity contribution is 1.09. The maximum absolute atomic E-state index is 4.84. The summed E-state index contributed by atoms with van der Waals surface area (Å²) in [5, 5.41) is 0. The topological polar surface area (TPSA) is 17.3 Å². The van der Waals surface area contributed by atoms with E-state index in [0.29, 0.717) is 0 Å². The predicted molar refractivity (Wildman–Crippen MR) is 112 cm³/mol. The summed E-state index contributed by atoms with van der Waals surface area (Å²) < 4.78 is 2.47. The molecule has 0 amide bonds. The highest BCUT2D eigenvalue weighted by Gasteiger charge is 2.20. The van der Waals surface area contributed by atoms with Gasteiger partial charge in [0.15, 0.2) is 0 Å². The maximum atomic E-state index is 4.84. The maximum Gasteiger partial charge on any atom is 0.0605 e. The molecule has 8 bridgehead atoms. The highest BCUT2D eigenvalue weighted by molar-refractivity contribution is 7.99. The first-order valence-electron chi connectivity index (χ1n) is 8.36. The molecule has 126 valence electrons. The molecule has 25 heavy (non-hydrogen) atoms. The lowest BCUT2D eigenvalue weighted by Crippen LogP contribution is -1.95. The first-order chi connectivity index (χ1) is 12.3. The van der Waals surface area contributed by atoms with E-state index in [9.17, 15) is 0 Å². The molecule has 0 aromatic carbocycles. The Morgan fingerprint density at radius 1 is 0.880 bits per heavy atom. The minimum Gasteiger partial charge on any atom is -0.309 e. The van der Waals surface area contributed by atoms with Gasteiger partial charge in [-0.2, -0.15) is 23.5 Å². The highest BCUT2D eigenvalue weighted by Crippen LogP contribution is 2.40. The molecule has 5 heteroatoms. The minimum atomic E-state index is 0.972. The molecule has 2 aliphatic heterocycles. The van der Waals surface area contributed by atoms with Gasteiger partial charge in [-0.3, -0.25) is 4.98 Å².